The molecule has 0 saturated heterocycles. The summed E-state index contributed by atoms with van der Waals surface area (Å²) in [6, 6.07) is 0.736. The summed E-state index contributed by atoms with van der Waals surface area (Å²) in [5.74, 6) is -0.0689. The van der Waals surface area contributed by atoms with Crippen LogP contribution in [-0.2, 0) is 26.7 Å². The third-order valence-electron chi connectivity index (χ3n) is 4.90. The van der Waals surface area contributed by atoms with Crippen LogP contribution < -0.4 is 5.32 Å². The maximum atomic E-state index is 12.4. The zero-order valence-electron chi connectivity index (χ0n) is 25.5. The first kappa shape index (κ1) is 35.6. The quantitative estimate of drug-likeness (QED) is 0.0979. The Morgan fingerprint density at radius 3 is 1.69 bits per heavy atom. The van der Waals surface area contributed by atoms with Gasteiger partial charge in [0.1, 0.15) is 0 Å². The van der Waals surface area contributed by atoms with Gasteiger partial charge in [0.2, 0.25) is 5.91 Å². The number of likely N-dealkylation sites (N-methyl/N-ethyl adjacent to an activating group) is 1. The molecule has 0 saturated carbocycles. The van der Waals surface area contributed by atoms with E-state index >= 15 is 0 Å². The second-order valence-electron chi connectivity index (χ2n) is 13.2. The molecule has 8 nitrogen and oxygen atoms in total. The molecule has 0 unspecified atom stereocenters. The summed E-state index contributed by atoms with van der Waals surface area (Å²) in [7, 11) is -4.42. The largest absolute Gasteiger partial charge is 0.469 e. The van der Waals surface area contributed by atoms with E-state index < -0.39 is 33.8 Å². The Labute approximate surface area is 226 Å². The highest BCUT2D eigenvalue weighted by Crippen LogP contribution is 2.29. The van der Waals surface area contributed by atoms with Gasteiger partial charge in [0.25, 0.3) is 0 Å². The number of unbranched alkanes of at least 4 members (excludes halogenated alkanes) is 2. The van der Waals surface area contributed by atoms with E-state index in [1.54, 1.807) is 0 Å². The van der Waals surface area contributed by atoms with Gasteiger partial charge in [-0.25, -0.2) is 4.79 Å². The summed E-state index contributed by atoms with van der Waals surface area (Å²) in [4.78, 5) is 24.1. The van der Waals surface area contributed by atoms with Crippen LogP contribution in [0.25, 0.3) is 0 Å². The lowest BCUT2D eigenvalue weighted by Crippen LogP contribution is -2.60. The highest BCUT2D eigenvalue weighted by Gasteiger charge is 2.49. The van der Waals surface area contributed by atoms with Gasteiger partial charge >= 0.3 is 14.8 Å². The lowest BCUT2D eigenvalue weighted by molar-refractivity contribution is -0.883. The normalized spacial score (nSPS) is 13.6. The Balaban J connectivity index is 4.63. The van der Waals surface area contributed by atoms with Crippen molar-refractivity contribution in [2.45, 2.75) is 104 Å². The zero-order valence-corrected chi connectivity index (χ0v) is 29.5. The molecular weight excluding hydrogens is 525 g/mol. The molecule has 0 radical (unpaired) electrons. The Morgan fingerprint density at radius 2 is 1.25 bits per heavy atom. The number of ether oxygens (including phenoxy) is 1. The van der Waals surface area contributed by atoms with Gasteiger partial charge in [-0.1, -0.05) is 0 Å². The first-order chi connectivity index (χ1) is 16.2. The van der Waals surface area contributed by atoms with Crippen molar-refractivity contribution in [1.82, 2.24) is 5.32 Å². The number of esters is 1. The molecule has 214 valence electrons. The zero-order chi connectivity index (χ0) is 28.3. The van der Waals surface area contributed by atoms with Crippen LogP contribution in [0.3, 0.4) is 0 Å². The van der Waals surface area contributed by atoms with Crippen LogP contribution in [0.15, 0.2) is 0 Å². The molecule has 0 aromatic carbocycles. The van der Waals surface area contributed by atoms with Crippen molar-refractivity contribution in [2.75, 3.05) is 40.3 Å². The number of hydrogen-bond donors (Lipinski definition) is 1. The van der Waals surface area contributed by atoms with Gasteiger partial charge < -0.3 is 26.9 Å². The molecule has 0 bridgehead atoms. The van der Waals surface area contributed by atoms with Gasteiger partial charge in [-0.2, -0.15) is 0 Å². The maximum Gasteiger partial charge on any atom is 0.469 e. The van der Waals surface area contributed by atoms with Crippen molar-refractivity contribution < 1.29 is 31.2 Å². The van der Waals surface area contributed by atoms with E-state index in [1.807, 2.05) is 21.0 Å². The van der Waals surface area contributed by atoms with E-state index in [0.717, 1.165) is 38.3 Å². The average Bonchev–Trinajstić information content (AvgIpc) is 2.60. The number of amides is 1. The van der Waals surface area contributed by atoms with Crippen molar-refractivity contribution in [3.8, 4) is 0 Å². The van der Waals surface area contributed by atoms with E-state index in [1.165, 1.54) is 0 Å². The molecule has 0 aliphatic rings. The van der Waals surface area contributed by atoms with Crippen LogP contribution in [0.2, 0.25) is 65.0 Å². The average molecular weight is 582 g/mol. The Hall–Kier alpha value is -0.352. The number of hydrogen-bond acceptors (Lipinski definition) is 6. The first-order valence-electron chi connectivity index (χ1n) is 13.5. The molecule has 0 fully saturated rings. The smallest absolute Gasteiger partial charge is 0.462 e. The van der Waals surface area contributed by atoms with Crippen molar-refractivity contribution in [2.24, 2.45) is 0 Å². The predicted octanol–water partition coefficient (Wildman–Crippen LogP) is 5.19. The molecule has 0 spiro atoms. The van der Waals surface area contributed by atoms with E-state index in [0.29, 0.717) is 30.6 Å². The van der Waals surface area contributed by atoms with Gasteiger partial charge in [-0.05, 0) is 91.5 Å². The minimum atomic E-state index is -2.85. The standard InChI is InChI=1S/C24H56N2O6Si4/c1-13-29-24(28)22-26(2,3)20-16-14-15-18-23(27)25-19-17-21-36(30-33(4,5)6,31-34(7,8)9)32-35(10,11)12/h13-22H2,1-12H3/p+1. The highest BCUT2D eigenvalue weighted by molar-refractivity contribution is 6.90. The monoisotopic (exact) mass is 581 g/mol. The second-order valence-corrected chi connectivity index (χ2v) is 30.2. The fraction of sp³-hybridized carbons (Fsp3) is 0.917. The topological polar surface area (TPSA) is 83.1 Å². The van der Waals surface area contributed by atoms with Gasteiger partial charge in [0.05, 0.1) is 27.2 Å². The van der Waals surface area contributed by atoms with Crippen LogP contribution >= 0.6 is 0 Å². The van der Waals surface area contributed by atoms with Crippen molar-refractivity contribution in [3.05, 3.63) is 0 Å². The third kappa shape index (κ3) is 19.7. The van der Waals surface area contributed by atoms with Crippen molar-refractivity contribution in [1.29, 1.82) is 0 Å². The van der Waals surface area contributed by atoms with Gasteiger partial charge in [-0.15, -0.1) is 0 Å². The van der Waals surface area contributed by atoms with Gasteiger partial charge in [0, 0.05) is 19.0 Å². The maximum absolute atomic E-state index is 12.4. The lowest BCUT2D eigenvalue weighted by Gasteiger charge is -2.43. The number of quaternary nitrogens is 1. The Morgan fingerprint density at radius 1 is 0.750 bits per heavy atom. The SMILES string of the molecule is CCOC(=O)C[N+](C)(C)CCCCCC(=O)NCCC[Si](O[Si](C)(C)C)(O[Si](C)(C)C)O[Si](C)(C)C. The van der Waals surface area contributed by atoms with Crippen LogP contribution in [0, 0.1) is 0 Å². The fourth-order valence-corrected chi connectivity index (χ4v) is 18.5. The Bertz CT molecular complexity index is 632. The number of nitrogens with one attached hydrogen (secondary N) is 1. The van der Waals surface area contributed by atoms with E-state index in [4.69, 9.17) is 17.1 Å². The molecular formula is C24H57N2O6Si4+. The summed E-state index contributed by atoms with van der Waals surface area (Å²) in [6.45, 7) is 23.8. The fourth-order valence-electron chi connectivity index (χ4n) is 3.87. The summed E-state index contributed by atoms with van der Waals surface area (Å²) in [6.07, 6.45) is 4.10. The van der Waals surface area contributed by atoms with Crippen molar-refractivity contribution in [3.63, 3.8) is 0 Å². The molecule has 0 aliphatic heterocycles. The molecule has 0 aromatic heterocycles. The third-order valence-corrected chi connectivity index (χ3v) is 16.9. The molecule has 0 heterocycles. The molecule has 0 atom stereocenters. The molecule has 0 rings (SSSR count). The molecule has 12 heteroatoms. The van der Waals surface area contributed by atoms with Gasteiger partial charge in [0.15, 0.2) is 31.5 Å². The van der Waals surface area contributed by atoms with Gasteiger partial charge in [-0.3, -0.25) is 4.79 Å². The summed E-state index contributed by atoms with van der Waals surface area (Å²) < 4.78 is 25.8. The van der Waals surface area contributed by atoms with Crippen molar-refractivity contribution >= 4 is 45.6 Å². The predicted molar refractivity (Wildman–Crippen MR) is 158 cm³/mol. The van der Waals surface area contributed by atoms with E-state index in [9.17, 15) is 9.59 Å². The number of carbonyl (C=O) groups excluding carboxylic acids is 2. The minimum absolute atomic E-state index is 0.0888. The first-order valence-corrected chi connectivity index (χ1v) is 25.7. The van der Waals surface area contributed by atoms with E-state index in [-0.39, 0.29) is 11.9 Å². The highest BCUT2D eigenvalue weighted by atomic mass is 28.5. The number of nitrogens with zero attached hydrogens (tertiary/aromatic N) is 1. The van der Waals surface area contributed by atoms with E-state index in [2.05, 4.69) is 64.2 Å². The lowest BCUT2D eigenvalue weighted by atomic mass is 10.1. The molecule has 0 aromatic rings. The summed E-state index contributed by atoms with van der Waals surface area (Å²) >= 11 is 0. The molecule has 1 N–H and O–H groups in total. The van der Waals surface area contributed by atoms with Crippen LogP contribution in [-0.4, -0.2) is 90.5 Å². The summed E-state index contributed by atoms with van der Waals surface area (Å²) in [5, 5.41) is 3.08. The minimum Gasteiger partial charge on any atom is -0.462 e. The number of rotatable bonds is 19. The molecule has 0 aliphatic carbocycles. The number of carbonyl (C=O) groups is 2. The summed E-state index contributed by atoms with van der Waals surface area (Å²) in [5.41, 5.74) is 0. The molecule has 1 amide bonds. The Kier molecular flexibility index (Phi) is 15.1. The molecule has 36 heavy (non-hydrogen) atoms. The van der Waals surface area contributed by atoms with Crippen LogP contribution in [0.1, 0.15) is 39.0 Å². The second kappa shape index (κ2) is 15.3. The van der Waals surface area contributed by atoms with Crippen LogP contribution in [0.4, 0.5) is 0 Å². The van der Waals surface area contributed by atoms with Crippen LogP contribution in [0.5, 0.6) is 0 Å².